The quantitative estimate of drug-likeness (QED) is 0.749. The Labute approximate surface area is 110 Å². The maximum absolute atomic E-state index is 11.2. The first-order valence-corrected chi connectivity index (χ1v) is 5.47. The fourth-order valence-corrected chi connectivity index (χ4v) is 1.11. The smallest absolute Gasteiger partial charge is 0.250 e. The Balaban J connectivity index is 3.02. The number of carbonyl (C=O) groups is 2. The number of amides is 2. The van der Waals surface area contributed by atoms with Gasteiger partial charge >= 0.3 is 0 Å². The van der Waals surface area contributed by atoms with Crippen molar-refractivity contribution < 1.29 is 14.3 Å². The van der Waals surface area contributed by atoms with Gasteiger partial charge in [-0.2, -0.15) is 9.97 Å². The van der Waals surface area contributed by atoms with Gasteiger partial charge in [0.25, 0.3) is 0 Å². The van der Waals surface area contributed by atoms with E-state index in [0.717, 1.165) is 12.2 Å². The summed E-state index contributed by atoms with van der Waals surface area (Å²) in [6.45, 7) is 8.82. The van der Waals surface area contributed by atoms with Crippen LogP contribution < -0.4 is 15.4 Å². The van der Waals surface area contributed by atoms with Gasteiger partial charge < -0.3 is 10.1 Å². The highest BCUT2D eigenvalue weighted by atomic mass is 16.5. The minimum absolute atomic E-state index is 0.00946. The Morgan fingerprint density at radius 1 is 1.26 bits per heavy atom. The van der Waals surface area contributed by atoms with Crippen LogP contribution in [0.25, 0.3) is 0 Å². The lowest BCUT2D eigenvalue weighted by Crippen LogP contribution is -2.14. The van der Waals surface area contributed by atoms with Crippen molar-refractivity contribution in [1.82, 2.24) is 9.97 Å². The molecular weight excluding hydrogens is 248 g/mol. The molecule has 19 heavy (non-hydrogen) atoms. The zero-order chi connectivity index (χ0) is 14.3. The monoisotopic (exact) mass is 262 g/mol. The largest absolute Gasteiger partial charge is 0.478 e. The van der Waals surface area contributed by atoms with Crippen LogP contribution in [0.3, 0.4) is 0 Å². The number of nitrogens with one attached hydrogen (secondary N) is 2. The van der Waals surface area contributed by atoms with Crippen LogP contribution in [0.15, 0.2) is 31.4 Å². The van der Waals surface area contributed by atoms with Crippen LogP contribution in [0.1, 0.15) is 6.92 Å². The van der Waals surface area contributed by atoms with Crippen molar-refractivity contribution >= 4 is 23.6 Å². The van der Waals surface area contributed by atoms with Gasteiger partial charge in [-0.05, 0) is 19.1 Å². The summed E-state index contributed by atoms with van der Waals surface area (Å²) in [5.74, 6) is -0.453. The first-order chi connectivity index (χ1) is 9.08. The number of aromatic nitrogens is 2. The molecule has 1 aromatic heterocycles. The summed E-state index contributed by atoms with van der Waals surface area (Å²) in [6, 6.07) is 1.44. The second-order valence-electron chi connectivity index (χ2n) is 3.23. The van der Waals surface area contributed by atoms with Crippen LogP contribution in [0.2, 0.25) is 0 Å². The van der Waals surface area contributed by atoms with Gasteiger partial charge in [0.05, 0.1) is 6.61 Å². The molecular formula is C12H14N4O3. The summed E-state index contributed by atoms with van der Waals surface area (Å²) in [7, 11) is 0. The number of ether oxygens (including phenoxy) is 1. The van der Waals surface area contributed by atoms with Crippen LogP contribution in [0, 0.1) is 0 Å². The molecule has 1 aromatic rings. The first kappa shape index (κ1) is 14.4. The Bertz CT molecular complexity index is 473. The fourth-order valence-electron chi connectivity index (χ4n) is 1.11. The van der Waals surface area contributed by atoms with Gasteiger partial charge in [-0.1, -0.05) is 13.2 Å². The summed E-state index contributed by atoms with van der Waals surface area (Å²) in [5, 5.41) is 4.84. The average molecular weight is 262 g/mol. The molecule has 0 aliphatic carbocycles. The van der Waals surface area contributed by atoms with Gasteiger partial charge in [0, 0.05) is 6.07 Å². The first-order valence-electron chi connectivity index (χ1n) is 5.47. The third-order valence-electron chi connectivity index (χ3n) is 1.85. The molecule has 0 saturated heterocycles. The highest BCUT2D eigenvalue weighted by Crippen LogP contribution is 2.16. The van der Waals surface area contributed by atoms with Crippen molar-refractivity contribution in [1.29, 1.82) is 0 Å². The summed E-state index contributed by atoms with van der Waals surface area (Å²) >= 11 is 0. The van der Waals surface area contributed by atoms with Crippen LogP contribution >= 0.6 is 0 Å². The summed E-state index contributed by atoms with van der Waals surface area (Å²) in [4.78, 5) is 30.3. The third kappa shape index (κ3) is 4.58. The normalized spacial score (nSPS) is 9.32. The van der Waals surface area contributed by atoms with E-state index < -0.39 is 11.8 Å². The van der Waals surface area contributed by atoms with Gasteiger partial charge in [-0.3, -0.25) is 14.9 Å². The summed E-state index contributed by atoms with van der Waals surface area (Å²) in [5.41, 5.74) is 0. The molecule has 7 heteroatoms. The zero-order valence-corrected chi connectivity index (χ0v) is 10.5. The topological polar surface area (TPSA) is 93.2 Å². The molecule has 0 atom stereocenters. The number of hydrogen-bond acceptors (Lipinski definition) is 5. The van der Waals surface area contributed by atoms with E-state index in [1.165, 1.54) is 6.07 Å². The van der Waals surface area contributed by atoms with E-state index in [4.69, 9.17) is 4.74 Å². The van der Waals surface area contributed by atoms with E-state index in [9.17, 15) is 9.59 Å². The minimum Gasteiger partial charge on any atom is -0.478 e. The second-order valence-corrected chi connectivity index (χ2v) is 3.23. The van der Waals surface area contributed by atoms with E-state index in [1.54, 1.807) is 6.92 Å². The van der Waals surface area contributed by atoms with E-state index in [2.05, 4.69) is 33.8 Å². The maximum Gasteiger partial charge on any atom is 0.250 e. The molecule has 0 unspecified atom stereocenters. The van der Waals surface area contributed by atoms with Gasteiger partial charge in [-0.15, -0.1) is 0 Å². The Kier molecular flexibility index (Phi) is 5.21. The number of anilines is 2. The lowest BCUT2D eigenvalue weighted by Gasteiger charge is -2.08. The maximum atomic E-state index is 11.2. The standard InChI is InChI=1S/C12H14N4O3/c1-4-9(17)13-8-7-11(19-6-3)16-12(14-8)15-10(18)5-2/h4-5,7H,1-2,6H2,3H3,(H2,13,14,15,16,17,18). The molecule has 2 amide bonds. The summed E-state index contributed by atoms with van der Waals surface area (Å²) in [6.07, 6.45) is 2.18. The molecule has 0 aliphatic rings. The molecule has 100 valence electrons. The molecule has 2 N–H and O–H groups in total. The molecule has 0 aliphatic heterocycles. The van der Waals surface area contributed by atoms with Crippen molar-refractivity contribution in [2.24, 2.45) is 0 Å². The van der Waals surface area contributed by atoms with Crippen molar-refractivity contribution in [2.45, 2.75) is 6.92 Å². The molecule has 1 heterocycles. The molecule has 0 bridgehead atoms. The Morgan fingerprint density at radius 2 is 1.89 bits per heavy atom. The van der Waals surface area contributed by atoms with Crippen molar-refractivity contribution in [2.75, 3.05) is 17.2 Å². The molecule has 0 fully saturated rings. The van der Waals surface area contributed by atoms with Gasteiger partial charge in [0.1, 0.15) is 5.82 Å². The predicted octanol–water partition coefficient (Wildman–Crippen LogP) is 1.12. The number of nitrogens with zero attached hydrogens (tertiary/aromatic N) is 2. The second kappa shape index (κ2) is 6.90. The summed E-state index contributed by atoms with van der Waals surface area (Å²) < 4.78 is 5.21. The molecule has 0 aromatic carbocycles. The van der Waals surface area contributed by atoms with E-state index in [1.807, 2.05) is 0 Å². The zero-order valence-electron chi connectivity index (χ0n) is 10.5. The van der Waals surface area contributed by atoms with E-state index in [-0.39, 0.29) is 17.6 Å². The van der Waals surface area contributed by atoms with E-state index >= 15 is 0 Å². The lowest BCUT2D eigenvalue weighted by atomic mass is 10.5. The number of rotatable bonds is 6. The third-order valence-corrected chi connectivity index (χ3v) is 1.85. The van der Waals surface area contributed by atoms with Crippen molar-refractivity contribution in [3.05, 3.63) is 31.4 Å². The lowest BCUT2D eigenvalue weighted by molar-refractivity contribution is -0.112. The molecule has 7 nitrogen and oxygen atoms in total. The van der Waals surface area contributed by atoms with Gasteiger partial charge in [0.2, 0.25) is 23.6 Å². The van der Waals surface area contributed by atoms with Crippen LogP contribution in [-0.4, -0.2) is 28.4 Å². The van der Waals surface area contributed by atoms with Gasteiger partial charge in [-0.25, -0.2) is 0 Å². The highest BCUT2D eigenvalue weighted by molar-refractivity contribution is 5.99. The average Bonchev–Trinajstić information content (AvgIpc) is 2.38. The number of carbonyl (C=O) groups excluding carboxylic acids is 2. The Hall–Kier alpha value is -2.70. The minimum atomic E-state index is -0.463. The molecule has 0 spiro atoms. The molecule has 1 rings (SSSR count). The SMILES string of the molecule is C=CC(=O)Nc1cc(OCC)nc(NC(=O)C=C)n1. The van der Waals surface area contributed by atoms with E-state index in [0.29, 0.717) is 6.61 Å². The molecule has 0 saturated carbocycles. The van der Waals surface area contributed by atoms with Crippen LogP contribution in [0.4, 0.5) is 11.8 Å². The van der Waals surface area contributed by atoms with Crippen molar-refractivity contribution in [3.63, 3.8) is 0 Å². The molecule has 0 radical (unpaired) electrons. The Morgan fingerprint density at radius 3 is 2.47 bits per heavy atom. The van der Waals surface area contributed by atoms with Gasteiger partial charge in [0.15, 0.2) is 0 Å². The highest BCUT2D eigenvalue weighted by Gasteiger charge is 2.08. The van der Waals surface area contributed by atoms with Crippen LogP contribution in [0.5, 0.6) is 5.88 Å². The number of hydrogen-bond donors (Lipinski definition) is 2. The predicted molar refractivity (Wildman–Crippen MR) is 70.9 cm³/mol. The van der Waals surface area contributed by atoms with Crippen molar-refractivity contribution in [3.8, 4) is 5.88 Å². The van der Waals surface area contributed by atoms with Crippen LogP contribution in [-0.2, 0) is 9.59 Å². The fraction of sp³-hybridized carbons (Fsp3) is 0.167.